The van der Waals surface area contributed by atoms with Crippen LogP contribution in [0.3, 0.4) is 0 Å². The third-order valence-corrected chi connectivity index (χ3v) is 6.22. The lowest BCUT2D eigenvalue weighted by Gasteiger charge is -2.30. The summed E-state index contributed by atoms with van der Waals surface area (Å²) in [6.45, 7) is 8.73. The van der Waals surface area contributed by atoms with Gasteiger partial charge in [-0.1, -0.05) is 30.3 Å². The van der Waals surface area contributed by atoms with Crippen LogP contribution in [-0.2, 0) is 6.42 Å². The first-order valence-corrected chi connectivity index (χ1v) is 9.99. The molecule has 2 aromatic carbocycles. The van der Waals surface area contributed by atoms with Gasteiger partial charge in [-0.3, -0.25) is 4.79 Å². The van der Waals surface area contributed by atoms with Crippen LogP contribution in [0.2, 0.25) is 0 Å². The highest BCUT2D eigenvalue weighted by atomic mass is 16.5. The number of fused-ring (bicyclic) bond motifs is 1. The van der Waals surface area contributed by atoms with Gasteiger partial charge >= 0.3 is 0 Å². The Morgan fingerprint density at radius 1 is 1.29 bits per heavy atom. The fourth-order valence-corrected chi connectivity index (χ4v) is 4.84. The second-order valence-corrected chi connectivity index (χ2v) is 7.86. The number of hydrogen-bond acceptors (Lipinski definition) is 3. The molecule has 0 aliphatic carbocycles. The van der Waals surface area contributed by atoms with E-state index in [0.717, 1.165) is 36.5 Å². The number of ether oxygens (including phenoxy) is 1. The van der Waals surface area contributed by atoms with Gasteiger partial charge in [0, 0.05) is 31.1 Å². The lowest BCUT2D eigenvalue weighted by Crippen LogP contribution is -2.35. The van der Waals surface area contributed by atoms with Gasteiger partial charge in [0.2, 0.25) is 0 Å². The minimum Gasteiger partial charge on any atom is -0.496 e. The predicted molar refractivity (Wildman–Crippen MR) is 112 cm³/mol. The maximum Gasteiger partial charge on any atom is 0.254 e. The Labute approximate surface area is 167 Å². The third-order valence-electron chi connectivity index (χ3n) is 6.22. The number of hydrogen-bond donors (Lipinski definition) is 1. The summed E-state index contributed by atoms with van der Waals surface area (Å²) in [5.74, 6) is 1.89. The Bertz CT molecular complexity index is 892. The summed E-state index contributed by atoms with van der Waals surface area (Å²) in [6, 6.07) is 14.3. The maximum absolute atomic E-state index is 13.6. The summed E-state index contributed by atoms with van der Waals surface area (Å²) in [5.41, 5.74) is 4.24. The van der Waals surface area contributed by atoms with E-state index in [1.807, 2.05) is 24.3 Å². The highest BCUT2D eigenvalue weighted by Crippen LogP contribution is 2.44. The molecule has 3 atom stereocenters. The van der Waals surface area contributed by atoms with Crippen molar-refractivity contribution in [3.63, 3.8) is 0 Å². The van der Waals surface area contributed by atoms with Crippen molar-refractivity contribution < 1.29 is 9.53 Å². The molecule has 0 radical (unpaired) electrons. The normalized spacial score (nSPS) is 23.5. The number of benzene rings is 2. The van der Waals surface area contributed by atoms with Crippen LogP contribution in [0.15, 0.2) is 55.1 Å². The topological polar surface area (TPSA) is 41.6 Å². The molecular weight excluding hydrogens is 348 g/mol. The number of aryl methyl sites for hydroxylation is 1. The van der Waals surface area contributed by atoms with Crippen LogP contribution in [0.4, 0.5) is 0 Å². The molecule has 4 nitrogen and oxygen atoms in total. The van der Waals surface area contributed by atoms with E-state index in [2.05, 4.69) is 48.0 Å². The first kappa shape index (κ1) is 18.8. The van der Waals surface area contributed by atoms with Crippen molar-refractivity contribution in [2.75, 3.05) is 26.7 Å². The van der Waals surface area contributed by atoms with E-state index >= 15 is 0 Å². The number of rotatable bonds is 5. The molecule has 2 aliphatic rings. The molecule has 4 rings (SSSR count). The number of methoxy groups -OCH3 is 1. The Kier molecular flexibility index (Phi) is 5.23. The van der Waals surface area contributed by atoms with Gasteiger partial charge in [-0.2, -0.15) is 0 Å². The van der Waals surface area contributed by atoms with E-state index in [4.69, 9.17) is 4.74 Å². The molecule has 0 bridgehead atoms. The average Bonchev–Trinajstić information content (AvgIpc) is 3.29. The minimum absolute atomic E-state index is 0.107. The molecule has 4 heteroatoms. The molecule has 1 N–H and O–H groups in total. The van der Waals surface area contributed by atoms with Crippen LogP contribution in [0.1, 0.15) is 33.1 Å². The zero-order valence-corrected chi connectivity index (χ0v) is 16.7. The van der Waals surface area contributed by atoms with Crippen LogP contribution >= 0.6 is 0 Å². The Hall–Kier alpha value is -2.59. The van der Waals surface area contributed by atoms with Crippen LogP contribution in [-0.4, -0.2) is 37.6 Å². The monoisotopic (exact) mass is 376 g/mol. The van der Waals surface area contributed by atoms with Crippen LogP contribution in [0, 0.1) is 18.8 Å². The molecular formula is C24H28N2O2. The molecule has 0 spiro atoms. The molecule has 2 aliphatic heterocycles. The molecule has 2 fully saturated rings. The predicted octanol–water partition coefficient (Wildman–Crippen LogP) is 3.76. The van der Waals surface area contributed by atoms with Gasteiger partial charge in [-0.05, 0) is 54.2 Å². The zero-order chi connectivity index (χ0) is 19.7. The smallest absolute Gasteiger partial charge is 0.254 e. The van der Waals surface area contributed by atoms with Gasteiger partial charge in [0.1, 0.15) is 5.75 Å². The largest absolute Gasteiger partial charge is 0.496 e. The second kappa shape index (κ2) is 7.80. The lowest BCUT2D eigenvalue weighted by molar-refractivity contribution is 0.0713. The van der Waals surface area contributed by atoms with Gasteiger partial charge in [-0.15, -0.1) is 6.58 Å². The summed E-state index contributed by atoms with van der Waals surface area (Å²) in [4.78, 5) is 15.7. The molecule has 0 aromatic heterocycles. The van der Waals surface area contributed by atoms with E-state index in [-0.39, 0.29) is 11.9 Å². The summed E-state index contributed by atoms with van der Waals surface area (Å²) in [6.07, 6.45) is 2.52. The summed E-state index contributed by atoms with van der Waals surface area (Å²) >= 11 is 0. The molecule has 2 aromatic rings. The highest BCUT2D eigenvalue weighted by molar-refractivity contribution is 5.95. The molecule has 2 saturated heterocycles. The standard InChI is InChI=1S/C24H28N2O2/c1-4-7-17-12-18(10-11-22(17)28-3)24(27)26-15-19-13-25-14-21(19)23(26)20-9-6-5-8-16(20)2/h4-6,8-12,19,21,23,25H,1,7,13-15H2,2-3H3/t19-,21-,23-/m0/s1. The first-order valence-electron chi connectivity index (χ1n) is 9.99. The molecule has 1 amide bonds. The van der Waals surface area contributed by atoms with E-state index < -0.39 is 0 Å². The van der Waals surface area contributed by atoms with Crippen molar-refractivity contribution in [2.45, 2.75) is 19.4 Å². The quantitative estimate of drug-likeness (QED) is 0.808. The van der Waals surface area contributed by atoms with Crippen molar-refractivity contribution in [2.24, 2.45) is 11.8 Å². The maximum atomic E-state index is 13.6. The van der Waals surface area contributed by atoms with E-state index in [1.54, 1.807) is 7.11 Å². The summed E-state index contributed by atoms with van der Waals surface area (Å²) in [5, 5.41) is 3.52. The Morgan fingerprint density at radius 2 is 2.11 bits per heavy atom. The Balaban J connectivity index is 1.70. The van der Waals surface area contributed by atoms with E-state index in [1.165, 1.54) is 11.1 Å². The number of nitrogens with one attached hydrogen (secondary N) is 1. The van der Waals surface area contributed by atoms with Crippen molar-refractivity contribution in [3.8, 4) is 5.75 Å². The fourth-order valence-electron chi connectivity index (χ4n) is 4.84. The molecule has 146 valence electrons. The van der Waals surface area contributed by atoms with E-state index in [0.29, 0.717) is 18.3 Å². The minimum atomic E-state index is 0.107. The number of likely N-dealkylation sites (tertiary alicyclic amines) is 1. The van der Waals surface area contributed by atoms with Crippen LogP contribution < -0.4 is 10.1 Å². The number of carbonyl (C=O) groups is 1. The zero-order valence-electron chi connectivity index (χ0n) is 16.7. The summed E-state index contributed by atoms with van der Waals surface area (Å²) < 4.78 is 5.44. The number of nitrogens with zero attached hydrogens (tertiary/aromatic N) is 1. The molecule has 0 unspecified atom stereocenters. The Morgan fingerprint density at radius 3 is 2.86 bits per heavy atom. The number of amides is 1. The average molecular weight is 377 g/mol. The number of carbonyl (C=O) groups excluding carboxylic acids is 1. The molecule has 0 saturated carbocycles. The summed E-state index contributed by atoms with van der Waals surface area (Å²) in [7, 11) is 1.66. The van der Waals surface area contributed by atoms with Gasteiger partial charge in [0.15, 0.2) is 0 Å². The van der Waals surface area contributed by atoms with Gasteiger partial charge in [0.05, 0.1) is 13.2 Å². The number of allylic oxidation sites excluding steroid dienone is 1. The van der Waals surface area contributed by atoms with Gasteiger partial charge < -0.3 is 15.0 Å². The van der Waals surface area contributed by atoms with Crippen molar-refractivity contribution in [1.82, 2.24) is 10.2 Å². The van der Waals surface area contributed by atoms with Gasteiger partial charge in [-0.25, -0.2) is 0 Å². The molecule has 28 heavy (non-hydrogen) atoms. The van der Waals surface area contributed by atoms with Crippen LogP contribution in [0.5, 0.6) is 5.75 Å². The first-order chi connectivity index (χ1) is 13.6. The van der Waals surface area contributed by atoms with Crippen molar-refractivity contribution in [1.29, 1.82) is 0 Å². The van der Waals surface area contributed by atoms with E-state index in [9.17, 15) is 4.79 Å². The second-order valence-electron chi connectivity index (χ2n) is 7.86. The SMILES string of the molecule is C=CCc1cc(C(=O)N2C[C@@H]3CNC[C@@H]3[C@@H]2c2ccccc2C)ccc1OC. The van der Waals surface area contributed by atoms with Crippen molar-refractivity contribution >= 4 is 5.91 Å². The molecule has 2 heterocycles. The van der Waals surface area contributed by atoms with Crippen molar-refractivity contribution in [3.05, 3.63) is 77.4 Å². The highest BCUT2D eigenvalue weighted by Gasteiger charge is 2.47. The fraction of sp³-hybridized carbons (Fsp3) is 0.375. The van der Waals surface area contributed by atoms with Gasteiger partial charge in [0.25, 0.3) is 5.91 Å². The van der Waals surface area contributed by atoms with Crippen LogP contribution in [0.25, 0.3) is 0 Å². The third kappa shape index (κ3) is 3.22. The lowest BCUT2D eigenvalue weighted by atomic mass is 9.87.